The van der Waals surface area contributed by atoms with Crippen molar-refractivity contribution in [3.05, 3.63) is 70.8 Å². The van der Waals surface area contributed by atoms with E-state index < -0.39 is 11.3 Å². The van der Waals surface area contributed by atoms with Crippen molar-refractivity contribution in [2.45, 2.75) is 50.4 Å². The number of hydrogen-bond acceptors (Lipinski definition) is 4. The lowest BCUT2D eigenvalue weighted by Gasteiger charge is -2.32. The van der Waals surface area contributed by atoms with Crippen LogP contribution in [0.1, 0.15) is 76.8 Å². The SMILES string of the molecule is NC(=O)CCCCCCCC(C(N)=O)(c1ccc(C=O)cc1)c1ccc(C=O)cc1. The molecule has 2 rings (SSSR count). The van der Waals surface area contributed by atoms with Gasteiger partial charge in [-0.15, -0.1) is 0 Å². The van der Waals surface area contributed by atoms with Crippen molar-refractivity contribution < 1.29 is 19.2 Å². The van der Waals surface area contributed by atoms with Crippen LogP contribution in [0.25, 0.3) is 0 Å². The molecule has 6 heteroatoms. The Kier molecular flexibility index (Phi) is 8.47. The Hall–Kier alpha value is -3.28. The molecule has 0 radical (unpaired) electrons. The standard InChI is InChI=1S/C24H28N2O4/c25-22(29)6-4-2-1-3-5-15-24(23(26)30,20-11-7-18(16-27)8-12-20)21-13-9-19(17-28)10-14-21/h7-14,16-17H,1-6,15H2,(H2,25,29)(H2,26,30). The zero-order chi connectivity index (χ0) is 22.0. The minimum Gasteiger partial charge on any atom is -0.370 e. The molecule has 0 unspecified atom stereocenters. The first kappa shape index (κ1) is 23.0. The Morgan fingerprint density at radius 1 is 0.700 bits per heavy atom. The van der Waals surface area contributed by atoms with Crippen LogP contribution in [0.15, 0.2) is 48.5 Å². The predicted octanol–water partition coefficient (Wildman–Crippen LogP) is 3.30. The van der Waals surface area contributed by atoms with Crippen LogP contribution in [0, 0.1) is 0 Å². The van der Waals surface area contributed by atoms with Crippen molar-refractivity contribution in [2.75, 3.05) is 0 Å². The Bertz CT molecular complexity index is 822. The third-order valence-corrected chi connectivity index (χ3v) is 5.47. The van der Waals surface area contributed by atoms with Gasteiger partial charge >= 0.3 is 0 Å². The third-order valence-electron chi connectivity index (χ3n) is 5.47. The van der Waals surface area contributed by atoms with Gasteiger partial charge in [-0.05, 0) is 24.0 Å². The maximum Gasteiger partial charge on any atom is 0.232 e. The van der Waals surface area contributed by atoms with Crippen LogP contribution < -0.4 is 11.5 Å². The lowest BCUT2D eigenvalue weighted by molar-refractivity contribution is -0.122. The Labute approximate surface area is 176 Å². The highest BCUT2D eigenvalue weighted by Crippen LogP contribution is 2.37. The van der Waals surface area contributed by atoms with Crippen LogP contribution in [0.5, 0.6) is 0 Å². The second kappa shape index (κ2) is 11.0. The molecule has 0 bridgehead atoms. The quantitative estimate of drug-likeness (QED) is 0.390. The molecule has 0 saturated carbocycles. The van der Waals surface area contributed by atoms with E-state index in [0.29, 0.717) is 35.1 Å². The number of rotatable bonds is 13. The van der Waals surface area contributed by atoms with E-state index in [2.05, 4.69) is 0 Å². The van der Waals surface area contributed by atoms with E-state index in [1.54, 1.807) is 48.5 Å². The van der Waals surface area contributed by atoms with Crippen molar-refractivity contribution in [2.24, 2.45) is 11.5 Å². The molecule has 6 nitrogen and oxygen atoms in total. The van der Waals surface area contributed by atoms with Gasteiger partial charge in [0.25, 0.3) is 0 Å². The van der Waals surface area contributed by atoms with E-state index >= 15 is 0 Å². The minimum atomic E-state index is -1.06. The maximum absolute atomic E-state index is 12.8. The van der Waals surface area contributed by atoms with Gasteiger partial charge in [0.1, 0.15) is 12.6 Å². The van der Waals surface area contributed by atoms with Crippen LogP contribution >= 0.6 is 0 Å². The zero-order valence-corrected chi connectivity index (χ0v) is 17.0. The van der Waals surface area contributed by atoms with Crippen molar-refractivity contribution >= 4 is 24.4 Å². The normalized spacial score (nSPS) is 11.1. The molecule has 0 heterocycles. The lowest BCUT2D eigenvalue weighted by atomic mass is 9.70. The number of benzene rings is 2. The van der Waals surface area contributed by atoms with Gasteiger partial charge in [-0.3, -0.25) is 19.2 Å². The summed E-state index contributed by atoms with van der Waals surface area (Å²) in [7, 11) is 0. The number of nitrogens with two attached hydrogens (primary N) is 2. The Morgan fingerprint density at radius 3 is 1.53 bits per heavy atom. The first-order valence-corrected chi connectivity index (χ1v) is 10.1. The maximum atomic E-state index is 12.8. The average Bonchev–Trinajstić information content (AvgIpc) is 2.75. The van der Waals surface area contributed by atoms with Crippen LogP contribution in [0.4, 0.5) is 0 Å². The van der Waals surface area contributed by atoms with Crippen molar-refractivity contribution in [1.29, 1.82) is 0 Å². The topological polar surface area (TPSA) is 120 Å². The smallest absolute Gasteiger partial charge is 0.232 e. The molecule has 2 aromatic rings. The Morgan fingerprint density at radius 2 is 1.13 bits per heavy atom. The Balaban J connectivity index is 2.27. The van der Waals surface area contributed by atoms with Crippen LogP contribution in [0.3, 0.4) is 0 Å². The third kappa shape index (κ3) is 5.63. The fourth-order valence-corrected chi connectivity index (χ4v) is 3.78. The van der Waals surface area contributed by atoms with E-state index in [1.165, 1.54) is 0 Å². The number of unbranched alkanes of at least 4 members (excludes halogenated alkanes) is 4. The van der Waals surface area contributed by atoms with Crippen molar-refractivity contribution in [3.63, 3.8) is 0 Å². The largest absolute Gasteiger partial charge is 0.370 e. The molecule has 2 aromatic carbocycles. The summed E-state index contributed by atoms with van der Waals surface area (Å²) >= 11 is 0. The summed E-state index contributed by atoms with van der Waals surface area (Å²) in [5.74, 6) is -0.769. The van der Waals surface area contributed by atoms with Gasteiger partial charge in [-0.2, -0.15) is 0 Å². The van der Waals surface area contributed by atoms with Gasteiger partial charge in [0, 0.05) is 17.5 Å². The number of amides is 2. The van der Waals surface area contributed by atoms with E-state index in [1.807, 2.05) is 0 Å². The summed E-state index contributed by atoms with van der Waals surface area (Å²) in [5.41, 5.74) is 12.5. The summed E-state index contributed by atoms with van der Waals surface area (Å²) in [6, 6.07) is 13.7. The van der Waals surface area contributed by atoms with Crippen LogP contribution in [0.2, 0.25) is 0 Å². The molecule has 0 atom stereocenters. The zero-order valence-electron chi connectivity index (χ0n) is 17.0. The van der Waals surface area contributed by atoms with Crippen molar-refractivity contribution in [3.8, 4) is 0 Å². The highest BCUT2D eigenvalue weighted by molar-refractivity contribution is 5.91. The molecular weight excluding hydrogens is 380 g/mol. The summed E-state index contributed by atoms with van der Waals surface area (Å²) in [5, 5.41) is 0. The molecular formula is C24H28N2O4. The number of carbonyl (C=O) groups excluding carboxylic acids is 4. The lowest BCUT2D eigenvalue weighted by Crippen LogP contribution is -2.42. The number of aldehydes is 2. The fraction of sp³-hybridized carbons (Fsp3) is 0.333. The summed E-state index contributed by atoms with van der Waals surface area (Å²) in [6.07, 6.45) is 6.61. The summed E-state index contributed by atoms with van der Waals surface area (Å²) < 4.78 is 0. The minimum absolute atomic E-state index is 0.291. The molecule has 0 spiro atoms. The highest BCUT2D eigenvalue weighted by atomic mass is 16.1. The molecule has 0 aromatic heterocycles. The second-order valence-corrected chi connectivity index (χ2v) is 7.48. The second-order valence-electron chi connectivity index (χ2n) is 7.48. The molecule has 158 valence electrons. The molecule has 30 heavy (non-hydrogen) atoms. The van der Waals surface area contributed by atoms with E-state index in [0.717, 1.165) is 44.7 Å². The molecule has 0 fully saturated rings. The number of primary amides is 2. The van der Waals surface area contributed by atoms with Gasteiger partial charge in [-0.1, -0.05) is 74.2 Å². The van der Waals surface area contributed by atoms with Crippen molar-refractivity contribution in [1.82, 2.24) is 0 Å². The molecule has 2 amide bonds. The van der Waals surface area contributed by atoms with Crippen LogP contribution in [-0.4, -0.2) is 24.4 Å². The van der Waals surface area contributed by atoms with E-state index in [9.17, 15) is 19.2 Å². The summed E-state index contributed by atoms with van der Waals surface area (Å²) in [4.78, 5) is 45.7. The molecule has 0 aliphatic heterocycles. The van der Waals surface area contributed by atoms with Crippen LogP contribution in [-0.2, 0) is 15.0 Å². The summed E-state index contributed by atoms with van der Waals surface area (Å²) in [6.45, 7) is 0. The van der Waals surface area contributed by atoms with E-state index in [-0.39, 0.29) is 5.91 Å². The fourth-order valence-electron chi connectivity index (χ4n) is 3.78. The number of hydrogen-bond donors (Lipinski definition) is 2. The highest BCUT2D eigenvalue weighted by Gasteiger charge is 2.39. The van der Waals surface area contributed by atoms with E-state index in [4.69, 9.17) is 11.5 Å². The first-order chi connectivity index (χ1) is 14.4. The molecule has 0 aliphatic rings. The predicted molar refractivity (Wildman–Crippen MR) is 115 cm³/mol. The van der Waals surface area contributed by atoms with Gasteiger partial charge < -0.3 is 11.5 Å². The molecule has 4 N–H and O–H groups in total. The van der Waals surface area contributed by atoms with Gasteiger partial charge in [-0.25, -0.2) is 0 Å². The average molecular weight is 408 g/mol. The van der Waals surface area contributed by atoms with Gasteiger partial charge in [0.05, 0.1) is 5.41 Å². The monoisotopic (exact) mass is 408 g/mol. The number of carbonyl (C=O) groups is 4. The first-order valence-electron chi connectivity index (χ1n) is 10.1. The van der Waals surface area contributed by atoms with Gasteiger partial charge in [0.15, 0.2) is 0 Å². The van der Waals surface area contributed by atoms with Gasteiger partial charge in [0.2, 0.25) is 11.8 Å². The molecule has 0 aliphatic carbocycles. The molecule has 0 saturated heterocycles.